The Balaban J connectivity index is 1.34. The van der Waals surface area contributed by atoms with Crippen molar-refractivity contribution in [3.05, 3.63) is 42.6 Å². The van der Waals surface area contributed by atoms with Gasteiger partial charge in [0.25, 0.3) is 0 Å². The number of nitrogens with zero attached hydrogens (tertiary/aromatic N) is 6. The molecular formula is C19H23N7. The van der Waals surface area contributed by atoms with E-state index >= 15 is 0 Å². The number of rotatable bonds is 4. The molecule has 4 rings (SSSR count). The van der Waals surface area contributed by atoms with Crippen molar-refractivity contribution in [1.29, 1.82) is 0 Å². The highest BCUT2D eigenvalue weighted by molar-refractivity contribution is 5.87. The fraction of sp³-hybridized carbons (Fsp3) is 0.421. The maximum atomic E-state index is 4.39. The SMILES string of the molecule is CC(C)(C)c1ccc(N2CC(CNc3ncnc4cnccc34)C2)nn1. The second-order valence-corrected chi connectivity index (χ2v) is 7.79. The van der Waals surface area contributed by atoms with Crippen LogP contribution < -0.4 is 10.2 Å². The van der Waals surface area contributed by atoms with E-state index in [0.717, 1.165) is 47.9 Å². The molecule has 4 heterocycles. The van der Waals surface area contributed by atoms with E-state index in [1.807, 2.05) is 6.07 Å². The van der Waals surface area contributed by atoms with Crippen LogP contribution in [0.3, 0.4) is 0 Å². The van der Waals surface area contributed by atoms with Crippen molar-refractivity contribution in [1.82, 2.24) is 25.1 Å². The highest BCUT2D eigenvalue weighted by Gasteiger charge is 2.28. The first kappa shape index (κ1) is 16.6. The molecule has 3 aromatic heterocycles. The Labute approximate surface area is 152 Å². The Morgan fingerprint density at radius 1 is 1.12 bits per heavy atom. The molecule has 0 unspecified atom stereocenters. The molecule has 0 bridgehead atoms. The van der Waals surface area contributed by atoms with Gasteiger partial charge in [0.1, 0.15) is 12.1 Å². The van der Waals surface area contributed by atoms with E-state index < -0.39 is 0 Å². The van der Waals surface area contributed by atoms with Gasteiger partial charge in [0.15, 0.2) is 5.82 Å². The molecule has 0 radical (unpaired) electrons. The number of pyridine rings is 1. The van der Waals surface area contributed by atoms with Crippen molar-refractivity contribution in [3.63, 3.8) is 0 Å². The van der Waals surface area contributed by atoms with Gasteiger partial charge in [-0.15, -0.1) is 5.10 Å². The molecule has 1 fully saturated rings. The van der Waals surface area contributed by atoms with Gasteiger partial charge in [-0.25, -0.2) is 9.97 Å². The topological polar surface area (TPSA) is 79.7 Å². The molecule has 0 aromatic carbocycles. The molecule has 1 aliphatic heterocycles. The summed E-state index contributed by atoms with van der Waals surface area (Å²) in [6, 6.07) is 6.09. The number of aromatic nitrogens is 5. The smallest absolute Gasteiger partial charge is 0.151 e. The number of hydrogen-bond donors (Lipinski definition) is 1. The average molecular weight is 349 g/mol. The first-order chi connectivity index (χ1) is 12.5. The summed E-state index contributed by atoms with van der Waals surface area (Å²) in [4.78, 5) is 15.0. The van der Waals surface area contributed by atoms with Gasteiger partial charge < -0.3 is 10.2 Å². The van der Waals surface area contributed by atoms with Gasteiger partial charge in [0.05, 0.1) is 17.4 Å². The van der Waals surface area contributed by atoms with E-state index in [-0.39, 0.29) is 5.41 Å². The third-order valence-corrected chi connectivity index (χ3v) is 4.70. The van der Waals surface area contributed by atoms with Crippen LogP contribution in [0.1, 0.15) is 26.5 Å². The van der Waals surface area contributed by atoms with E-state index in [1.54, 1.807) is 18.7 Å². The zero-order valence-electron chi connectivity index (χ0n) is 15.3. The van der Waals surface area contributed by atoms with Crippen LogP contribution in [0.25, 0.3) is 10.9 Å². The van der Waals surface area contributed by atoms with Crippen molar-refractivity contribution >= 4 is 22.5 Å². The first-order valence-corrected chi connectivity index (χ1v) is 8.88. The van der Waals surface area contributed by atoms with Crippen molar-refractivity contribution in [2.45, 2.75) is 26.2 Å². The van der Waals surface area contributed by atoms with Crippen LogP contribution in [0.4, 0.5) is 11.6 Å². The second-order valence-electron chi connectivity index (χ2n) is 7.79. The minimum Gasteiger partial charge on any atom is -0.369 e. The van der Waals surface area contributed by atoms with Crippen molar-refractivity contribution < 1.29 is 0 Å². The highest BCUT2D eigenvalue weighted by atomic mass is 15.3. The van der Waals surface area contributed by atoms with Gasteiger partial charge in [-0.3, -0.25) is 4.98 Å². The largest absolute Gasteiger partial charge is 0.369 e. The van der Waals surface area contributed by atoms with E-state index in [4.69, 9.17) is 0 Å². The molecule has 0 amide bonds. The van der Waals surface area contributed by atoms with Crippen LogP contribution in [-0.4, -0.2) is 44.8 Å². The van der Waals surface area contributed by atoms with Crippen LogP contribution in [0, 0.1) is 5.92 Å². The summed E-state index contributed by atoms with van der Waals surface area (Å²) in [6.07, 6.45) is 5.10. The number of nitrogens with one attached hydrogen (secondary N) is 1. The lowest BCUT2D eigenvalue weighted by molar-refractivity contribution is 0.424. The molecule has 26 heavy (non-hydrogen) atoms. The summed E-state index contributed by atoms with van der Waals surface area (Å²) in [5.41, 5.74) is 1.91. The molecule has 7 nitrogen and oxygen atoms in total. The Morgan fingerprint density at radius 3 is 2.69 bits per heavy atom. The van der Waals surface area contributed by atoms with Crippen LogP contribution >= 0.6 is 0 Å². The standard InChI is InChI=1S/C19H23N7/c1-19(2,3)16-4-5-17(25-24-16)26-10-13(11-26)8-21-18-14-6-7-20-9-15(14)22-12-23-18/h4-7,9,12-13H,8,10-11H2,1-3H3,(H,21,22,23). The van der Waals surface area contributed by atoms with Gasteiger partial charge in [-0.05, 0) is 18.2 Å². The van der Waals surface area contributed by atoms with Gasteiger partial charge >= 0.3 is 0 Å². The van der Waals surface area contributed by atoms with Crippen LogP contribution in [0.2, 0.25) is 0 Å². The monoisotopic (exact) mass is 349 g/mol. The Hall–Kier alpha value is -2.83. The summed E-state index contributed by atoms with van der Waals surface area (Å²) in [5.74, 6) is 2.38. The lowest BCUT2D eigenvalue weighted by atomic mass is 9.92. The molecule has 3 aromatic rings. The van der Waals surface area contributed by atoms with Gasteiger partial charge in [-0.1, -0.05) is 20.8 Å². The molecule has 0 spiro atoms. The maximum Gasteiger partial charge on any atom is 0.151 e. The summed E-state index contributed by atoms with van der Waals surface area (Å²) >= 11 is 0. The Morgan fingerprint density at radius 2 is 1.96 bits per heavy atom. The Bertz CT molecular complexity index is 890. The lowest BCUT2D eigenvalue weighted by Gasteiger charge is -2.40. The molecule has 0 aliphatic carbocycles. The fourth-order valence-corrected chi connectivity index (χ4v) is 3.07. The van der Waals surface area contributed by atoms with Gasteiger partial charge in [0, 0.05) is 42.6 Å². The molecule has 134 valence electrons. The number of fused-ring (bicyclic) bond motifs is 1. The van der Waals surface area contributed by atoms with Crippen molar-refractivity contribution in [3.8, 4) is 0 Å². The van der Waals surface area contributed by atoms with Gasteiger partial charge in [-0.2, -0.15) is 5.10 Å². The van der Waals surface area contributed by atoms with E-state index in [9.17, 15) is 0 Å². The third kappa shape index (κ3) is 3.29. The molecule has 1 N–H and O–H groups in total. The number of hydrogen-bond acceptors (Lipinski definition) is 7. The Kier molecular flexibility index (Phi) is 4.14. The zero-order valence-corrected chi connectivity index (χ0v) is 15.3. The minimum atomic E-state index is 0.0305. The molecule has 0 saturated carbocycles. The minimum absolute atomic E-state index is 0.0305. The van der Waals surface area contributed by atoms with Crippen LogP contribution in [0.15, 0.2) is 36.9 Å². The normalized spacial score (nSPS) is 15.1. The zero-order chi connectivity index (χ0) is 18.1. The maximum absolute atomic E-state index is 4.39. The highest BCUT2D eigenvalue weighted by Crippen LogP contribution is 2.26. The number of anilines is 2. The van der Waals surface area contributed by atoms with Gasteiger partial charge in [0.2, 0.25) is 0 Å². The third-order valence-electron chi connectivity index (χ3n) is 4.70. The van der Waals surface area contributed by atoms with E-state index in [2.05, 4.69) is 68.3 Å². The van der Waals surface area contributed by atoms with Crippen LogP contribution in [-0.2, 0) is 5.41 Å². The summed E-state index contributed by atoms with van der Waals surface area (Å²) < 4.78 is 0. The van der Waals surface area contributed by atoms with E-state index in [0.29, 0.717) is 5.92 Å². The summed E-state index contributed by atoms with van der Waals surface area (Å²) in [7, 11) is 0. The average Bonchev–Trinajstić information content (AvgIpc) is 2.60. The molecule has 0 atom stereocenters. The fourth-order valence-electron chi connectivity index (χ4n) is 3.07. The van der Waals surface area contributed by atoms with E-state index in [1.165, 1.54) is 0 Å². The van der Waals surface area contributed by atoms with Crippen LogP contribution in [0.5, 0.6) is 0 Å². The molecule has 1 saturated heterocycles. The summed E-state index contributed by atoms with van der Waals surface area (Å²) in [6.45, 7) is 9.26. The van der Waals surface area contributed by atoms with Crippen molar-refractivity contribution in [2.75, 3.05) is 29.9 Å². The lowest BCUT2D eigenvalue weighted by Crippen LogP contribution is -2.50. The second kappa shape index (κ2) is 6.48. The van der Waals surface area contributed by atoms with Crippen molar-refractivity contribution in [2.24, 2.45) is 5.92 Å². The molecule has 1 aliphatic rings. The summed E-state index contributed by atoms with van der Waals surface area (Å²) in [5, 5.41) is 13.2. The predicted octanol–water partition coefficient (Wildman–Crippen LogP) is 2.66. The predicted molar refractivity (Wildman–Crippen MR) is 102 cm³/mol. The molecule has 7 heteroatoms. The first-order valence-electron chi connectivity index (χ1n) is 8.88. The molecular weight excluding hydrogens is 326 g/mol. The quantitative estimate of drug-likeness (QED) is 0.775.